The van der Waals surface area contributed by atoms with Crippen molar-refractivity contribution in [1.82, 2.24) is 20.0 Å². The Balaban J connectivity index is 0.00000363. The predicted octanol–water partition coefficient (Wildman–Crippen LogP) is 3.13. The predicted molar refractivity (Wildman–Crippen MR) is 136 cm³/mol. The molecule has 1 fully saturated rings. The lowest BCUT2D eigenvalue weighted by atomic mass is 10.1. The topological polar surface area (TPSA) is 73.1 Å². The van der Waals surface area contributed by atoms with E-state index in [4.69, 9.17) is 19.2 Å². The van der Waals surface area contributed by atoms with Crippen LogP contribution in [0.15, 0.2) is 41.7 Å². The molecule has 0 bridgehead atoms. The van der Waals surface area contributed by atoms with Gasteiger partial charge in [0.2, 0.25) is 0 Å². The van der Waals surface area contributed by atoms with Crippen LogP contribution in [0, 0.1) is 0 Å². The van der Waals surface area contributed by atoms with Gasteiger partial charge < -0.3 is 24.4 Å². The fraction of sp³-hybridized carbons (Fsp3) is 0.565. The summed E-state index contributed by atoms with van der Waals surface area (Å²) in [6.07, 6.45) is 3.89. The molecule has 1 aliphatic rings. The summed E-state index contributed by atoms with van der Waals surface area (Å²) < 4.78 is 18.8. The van der Waals surface area contributed by atoms with E-state index in [1.165, 1.54) is 5.56 Å². The van der Waals surface area contributed by atoms with Crippen molar-refractivity contribution in [1.29, 1.82) is 0 Å². The average Bonchev–Trinajstić information content (AvgIpc) is 3.23. The lowest BCUT2D eigenvalue weighted by Gasteiger charge is -2.34. The van der Waals surface area contributed by atoms with Gasteiger partial charge in [-0.15, -0.1) is 24.0 Å². The maximum absolute atomic E-state index is 5.98. The van der Waals surface area contributed by atoms with Gasteiger partial charge in [-0.3, -0.25) is 4.68 Å². The minimum absolute atomic E-state index is 0. The number of hydrogen-bond acceptors (Lipinski definition) is 5. The minimum Gasteiger partial charge on any atom is -0.379 e. The second-order valence-electron chi connectivity index (χ2n) is 7.49. The number of morpholine rings is 1. The number of halogens is 1. The van der Waals surface area contributed by atoms with E-state index < -0.39 is 0 Å². The Morgan fingerprint density at radius 1 is 1.25 bits per heavy atom. The number of benzene rings is 1. The lowest BCUT2D eigenvalue weighted by Crippen LogP contribution is -2.48. The minimum atomic E-state index is 0. The second kappa shape index (κ2) is 14.5. The van der Waals surface area contributed by atoms with Crippen LogP contribution in [0.3, 0.4) is 0 Å². The summed E-state index contributed by atoms with van der Waals surface area (Å²) in [5, 5.41) is 7.70. The van der Waals surface area contributed by atoms with Crippen molar-refractivity contribution in [2.45, 2.75) is 33.1 Å². The largest absolute Gasteiger partial charge is 0.379 e. The molecular weight excluding hydrogens is 521 g/mol. The van der Waals surface area contributed by atoms with Crippen LogP contribution in [-0.2, 0) is 34.4 Å². The summed E-state index contributed by atoms with van der Waals surface area (Å²) in [6, 6.07) is 8.41. The quantitative estimate of drug-likeness (QED) is 0.210. The highest BCUT2D eigenvalue weighted by Gasteiger charge is 2.25. The zero-order valence-corrected chi connectivity index (χ0v) is 21.7. The van der Waals surface area contributed by atoms with Gasteiger partial charge >= 0.3 is 0 Å². The van der Waals surface area contributed by atoms with Crippen molar-refractivity contribution in [3.05, 3.63) is 53.3 Å². The fourth-order valence-electron chi connectivity index (χ4n) is 3.51. The van der Waals surface area contributed by atoms with Crippen LogP contribution in [0.1, 0.15) is 36.6 Å². The zero-order valence-electron chi connectivity index (χ0n) is 19.3. The van der Waals surface area contributed by atoms with Crippen LogP contribution in [0.5, 0.6) is 0 Å². The van der Waals surface area contributed by atoms with Crippen molar-refractivity contribution >= 4 is 29.9 Å². The smallest absolute Gasteiger partial charge is 0.194 e. The van der Waals surface area contributed by atoms with E-state index in [1.807, 2.05) is 31.0 Å². The number of aryl methyl sites for hydroxylation is 1. The monoisotopic (exact) mass is 557 g/mol. The Kier molecular flexibility index (Phi) is 12.0. The maximum Gasteiger partial charge on any atom is 0.194 e. The molecule has 178 valence electrons. The number of nitrogens with one attached hydrogen (secondary N) is 1. The molecule has 1 N–H and O–H groups in total. The van der Waals surface area contributed by atoms with E-state index in [9.17, 15) is 0 Å². The van der Waals surface area contributed by atoms with Gasteiger partial charge in [-0.25, -0.2) is 4.99 Å². The van der Waals surface area contributed by atoms with E-state index >= 15 is 0 Å². The molecule has 9 heteroatoms. The normalized spacial score (nSPS) is 16.7. The zero-order chi connectivity index (χ0) is 21.9. The van der Waals surface area contributed by atoms with Gasteiger partial charge in [0.1, 0.15) is 6.10 Å². The molecule has 0 spiro atoms. The number of guanidine groups is 1. The van der Waals surface area contributed by atoms with Crippen molar-refractivity contribution in [2.75, 3.05) is 46.1 Å². The van der Waals surface area contributed by atoms with Gasteiger partial charge in [0.25, 0.3) is 0 Å². The molecule has 0 amide bonds. The van der Waals surface area contributed by atoms with Crippen LogP contribution in [-0.4, -0.2) is 66.7 Å². The second-order valence-corrected chi connectivity index (χ2v) is 7.49. The molecular formula is C23H36IN5O3. The van der Waals surface area contributed by atoms with Crippen molar-refractivity contribution < 1.29 is 14.2 Å². The first-order chi connectivity index (χ1) is 15.2. The van der Waals surface area contributed by atoms with E-state index in [0.717, 1.165) is 43.3 Å². The molecule has 1 atom stereocenters. The van der Waals surface area contributed by atoms with Gasteiger partial charge in [0.15, 0.2) is 5.96 Å². The van der Waals surface area contributed by atoms with Crippen LogP contribution in [0.2, 0.25) is 0 Å². The number of ether oxygens (including phenoxy) is 3. The maximum atomic E-state index is 5.98. The fourth-order valence-corrected chi connectivity index (χ4v) is 3.51. The van der Waals surface area contributed by atoms with E-state index in [-0.39, 0.29) is 30.1 Å². The highest BCUT2D eigenvalue weighted by molar-refractivity contribution is 14.0. The Morgan fingerprint density at radius 2 is 2.06 bits per heavy atom. The molecule has 2 aromatic rings. The lowest BCUT2D eigenvalue weighted by molar-refractivity contribution is -0.00805. The van der Waals surface area contributed by atoms with Crippen molar-refractivity contribution in [2.24, 2.45) is 12.0 Å². The summed E-state index contributed by atoms with van der Waals surface area (Å²) in [7, 11) is 1.92. The number of rotatable bonds is 10. The summed E-state index contributed by atoms with van der Waals surface area (Å²) in [5.74, 6) is 0.915. The van der Waals surface area contributed by atoms with E-state index in [1.54, 1.807) is 0 Å². The van der Waals surface area contributed by atoms with E-state index in [0.29, 0.717) is 33.0 Å². The summed E-state index contributed by atoms with van der Waals surface area (Å²) in [5.41, 5.74) is 3.41. The Labute approximate surface area is 208 Å². The molecule has 2 heterocycles. The summed E-state index contributed by atoms with van der Waals surface area (Å²) >= 11 is 0. The van der Waals surface area contributed by atoms with Crippen LogP contribution < -0.4 is 5.32 Å². The first kappa shape index (κ1) is 26.6. The molecule has 1 aromatic carbocycles. The molecule has 0 saturated carbocycles. The Morgan fingerprint density at radius 3 is 2.81 bits per heavy atom. The third-order valence-corrected chi connectivity index (χ3v) is 5.05. The van der Waals surface area contributed by atoms with Crippen molar-refractivity contribution in [3.63, 3.8) is 0 Å². The molecule has 1 unspecified atom stereocenters. The number of aromatic nitrogens is 2. The Hall–Kier alpha value is -1.69. The molecule has 3 rings (SSSR count). The molecule has 0 aliphatic carbocycles. The standard InChI is InChI=1S/C23H35N5O3.HI/c1-4-24-23(28-9-10-31-22(17-28)21-15-26-27(3)16-21)25-14-19-7-6-8-20(13-19)18-30-12-11-29-5-2;/h6-8,13,15-16,22H,4-5,9-12,14,17-18H2,1-3H3,(H,24,25);1H. The summed E-state index contributed by atoms with van der Waals surface area (Å²) in [6.45, 7) is 10.3. The molecule has 0 radical (unpaired) electrons. The first-order valence-electron chi connectivity index (χ1n) is 11.1. The number of hydrogen-bond donors (Lipinski definition) is 1. The van der Waals surface area contributed by atoms with Gasteiger partial charge in [0.05, 0.1) is 45.7 Å². The molecule has 1 aliphatic heterocycles. The van der Waals surface area contributed by atoms with E-state index in [2.05, 4.69) is 46.5 Å². The third-order valence-electron chi connectivity index (χ3n) is 5.05. The average molecular weight is 557 g/mol. The van der Waals surface area contributed by atoms with Gasteiger partial charge in [-0.1, -0.05) is 24.3 Å². The Bertz CT molecular complexity index is 829. The number of nitrogens with zero attached hydrogens (tertiary/aromatic N) is 4. The van der Waals surface area contributed by atoms with Crippen LogP contribution >= 0.6 is 24.0 Å². The highest BCUT2D eigenvalue weighted by Crippen LogP contribution is 2.21. The number of aliphatic imine (C=N–C) groups is 1. The first-order valence-corrected chi connectivity index (χ1v) is 11.1. The van der Waals surface area contributed by atoms with Gasteiger partial charge in [-0.05, 0) is 25.0 Å². The molecule has 8 nitrogen and oxygen atoms in total. The highest BCUT2D eigenvalue weighted by atomic mass is 127. The van der Waals surface area contributed by atoms with Gasteiger partial charge in [-0.2, -0.15) is 5.10 Å². The molecule has 32 heavy (non-hydrogen) atoms. The van der Waals surface area contributed by atoms with Crippen LogP contribution in [0.4, 0.5) is 0 Å². The van der Waals surface area contributed by atoms with Crippen molar-refractivity contribution in [3.8, 4) is 0 Å². The molecule has 1 aromatic heterocycles. The van der Waals surface area contributed by atoms with Crippen LogP contribution in [0.25, 0.3) is 0 Å². The SMILES string of the molecule is CCNC(=NCc1cccc(COCCOCC)c1)N1CCOC(c2cnn(C)c2)C1.I. The third kappa shape index (κ3) is 8.34. The summed E-state index contributed by atoms with van der Waals surface area (Å²) in [4.78, 5) is 7.17. The van der Waals surface area contributed by atoms with Gasteiger partial charge in [0, 0.05) is 38.5 Å². The molecule has 1 saturated heterocycles.